The molecule has 1 aromatic rings. The van der Waals surface area contributed by atoms with Crippen LogP contribution in [0.5, 0.6) is 0 Å². The Balaban J connectivity index is 2.45. The minimum atomic E-state index is -0.557. The first kappa shape index (κ1) is 11.9. The van der Waals surface area contributed by atoms with E-state index in [9.17, 15) is 9.90 Å². The molecule has 0 aliphatic carbocycles. The predicted octanol–water partition coefficient (Wildman–Crippen LogP) is 1.83. The van der Waals surface area contributed by atoms with Crippen LogP contribution in [0.4, 0.5) is 10.5 Å². The van der Waals surface area contributed by atoms with Gasteiger partial charge in [0, 0.05) is 13.6 Å². The van der Waals surface area contributed by atoms with Crippen LogP contribution in [0, 0.1) is 0 Å². The quantitative estimate of drug-likeness (QED) is 0.848. The average molecular weight is 234 g/mol. The van der Waals surface area contributed by atoms with Gasteiger partial charge in [0.1, 0.15) is 0 Å². The lowest BCUT2D eigenvalue weighted by atomic mass is 10.1. The van der Waals surface area contributed by atoms with E-state index in [0.29, 0.717) is 6.54 Å². The maximum atomic E-state index is 12.2. The molecule has 1 aliphatic heterocycles. The van der Waals surface area contributed by atoms with Crippen LogP contribution in [0.15, 0.2) is 24.3 Å². The maximum absolute atomic E-state index is 12.2. The van der Waals surface area contributed by atoms with Crippen molar-refractivity contribution in [3.8, 4) is 0 Å². The maximum Gasteiger partial charge on any atom is 0.324 e. The second-order valence-corrected chi connectivity index (χ2v) is 4.62. The molecule has 0 spiro atoms. The zero-order valence-electron chi connectivity index (χ0n) is 10.4. The first-order valence-electron chi connectivity index (χ1n) is 5.82. The number of carbonyl (C=O) groups excluding carboxylic acids is 1. The molecule has 1 aliphatic rings. The van der Waals surface area contributed by atoms with E-state index in [1.807, 2.05) is 31.2 Å². The van der Waals surface area contributed by atoms with E-state index in [2.05, 4.69) is 0 Å². The summed E-state index contributed by atoms with van der Waals surface area (Å²) < 4.78 is 0. The second kappa shape index (κ2) is 4.37. The predicted molar refractivity (Wildman–Crippen MR) is 66.9 cm³/mol. The summed E-state index contributed by atoms with van der Waals surface area (Å²) in [4.78, 5) is 15.5. The highest BCUT2D eigenvalue weighted by Gasteiger charge is 2.32. The lowest BCUT2D eigenvalue weighted by Gasteiger charge is -2.39. The van der Waals surface area contributed by atoms with Gasteiger partial charge in [0.25, 0.3) is 0 Å². The normalized spacial score (nSPS) is 18.9. The van der Waals surface area contributed by atoms with Gasteiger partial charge < -0.3 is 10.0 Å². The SMILES string of the molecule is CC(O)C(C)N1C(=O)N(C)Cc2ccccc21. The van der Waals surface area contributed by atoms with E-state index in [1.165, 1.54) is 0 Å². The molecule has 0 fully saturated rings. The summed E-state index contributed by atoms with van der Waals surface area (Å²) in [5.74, 6) is 0. The van der Waals surface area contributed by atoms with Gasteiger partial charge in [0.15, 0.2) is 0 Å². The van der Waals surface area contributed by atoms with Gasteiger partial charge in [0.2, 0.25) is 0 Å². The Hall–Kier alpha value is -1.55. The Labute approximate surface area is 101 Å². The van der Waals surface area contributed by atoms with Crippen LogP contribution < -0.4 is 4.90 Å². The molecule has 1 aromatic carbocycles. The Morgan fingerprint density at radius 3 is 2.59 bits per heavy atom. The molecule has 4 nitrogen and oxygen atoms in total. The van der Waals surface area contributed by atoms with E-state index < -0.39 is 6.10 Å². The van der Waals surface area contributed by atoms with Gasteiger partial charge in [-0.2, -0.15) is 0 Å². The Bertz CT molecular complexity index is 431. The number of urea groups is 1. The van der Waals surface area contributed by atoms with Crippen LogP contribution in [-0.4, -0.2) is 35.2 Å². The molecule has 4 heteroatoms. The molecule has 0 aromatic heterocycles. The van der Waals surface area contributed by atoms with Crippen LogP contribution in [0.2, 0.25) is 0 Å². The zero-order valence-corrected chi connectivity index (χ0v) is 10.4. The van der Waals surface area contributed by atoms with Gasteiger partial charge in [0.05, 0.1) is 17.8 Å². The van der Waals surface area contributed by atoms with Crippen LogP contribution in [-0.2, 0) is 6.54 Å². The first-order chi connectivity index (χ1) is 8.02. The highest BCUT2D eigenvalue weighted by Crippen LogP contribution is 2.30. The number of fused-ring (bicyclic) bond motifs is 1. The summed E-state index contributed by atoms with van der Waals surface area (Å²) in [6, 6.07) is 7.54. The molecule has 1 heterocycles. The minimum absolute atomic E-state index is 0.0582. The van der Waals surface area contributed by atoms with Crippen molar-refractivity contribution in [3.63, 3.8) is 0 Å². The van der Waals surface area contributed by atoms with E-state index in [1.54, 1.807) is 23.8 Å². The average Bonchev–Trinajstić information content (AvgIpc) is 2.30. The third kappa shape index (κ3) is 2.00. The number of benzene rings is 1. The lowest BCUT2D eigenvalue weighted by Crippen LogP contribution is -2.52. The van der Waals surface area contributed by atoms with E-state index >= 15 is 0 Å². The zero-order chi connectivity index (χ0) is 12.6. The van der Waals surface area contributed by atoms with E-state index in [0.717, 1.165) is 11.3 Å². The van der Waals surface area contributed by atoms with Crippen molar-refractivity contribution in [3.05, 3.63) is 29.8 Å². The molecule has 2 atom stereocenters. The highest BCUT2D eigenvalue weighted by molar-refractivity contribution is 5.95. The summed E-state index contributed by atoms with van der Waals surface area (Å²) in [5, 5.41) is 9.69. The molecular weight excluding hydrogens is 216 g/mol. The fourth-order valence-electron chi connectivity index (χ4n) is 2.10. The summed E-state index contributed by atoms with van der Waals surface area (Å²) in [5.41, 5.74) is 2.02. The topological polar surface area (TPSA) is 43.8 Å². The van der Waals surface area contributed by atoms with Crippen LogP contribution in [0.1, 0.15) is 19.4 Å². The molecule has 17 heavy (non-hydrogen) atoms. The van der Waals surface area contributed by atoms with Crippen LogP contribution >= 0.6 is 0 Å². The molecular formula is C13H18N2O2. The molecule has 0 radical (unpaired) electrons. The summed E-state index contributed by atoms with van der Waals surface area (Å²) in [6.07, 6.45) is -0.557. The largest absolute Gasteiger partial charge is 0.391 e. The van der Waals surface area contributed by atoms with Crippen molar-refractivity contribution in [1.29, 1.82) is 0 Å². The number of hydrogen-bond donors (Lipinski definition) is 1. The van der Waals surface area contributed by atoms with E-state index in [4.69, 9.17) is 0 Å². The minimum Gasteiger partial charge on any atom is -0.391 e. The van der Waals surface area contributed by atoms with Gasteiger partial charge in [-0.05, 0) is 25.5 Å². The van der Waals surface area contributed by atoms with Gasteiger partial charge in [-0.25, -0.2) is 4.79 Å². The number of rotatable bonds is 2. The Kier molecular flexibility index (Phi) is 3.07. The molecule has 0 bridgehead atoms. The number of nitrogens with zero attached hydrogens (tertiary/aromatic N) is 2. The number of aliphatic hydroxyl groups is 1. The number of carbonyl (C=O) groups is 1. The monoisotopic (exact) mass is 234 g/mol. The molecule has 1 N–H and O–H groups in total. The fraction of sp³-hybridized carbons (Fsp3) is 0.462. The summed E-state index contributed by atoms with van der Waals surface area (Å²) in [7, 11) is 1.78. The van der Waals surface area contributed by atoms with Gasteiger partial charge >= 0.3 is 6.03 Å². The number of anilines is 1. The first-order valence-corrected chi connectivity index (χ1v) is 5.82. The van der Waals surface area contributed by atoms with Crippen LogP contribution in [0.3, 0.4) is 0 Å². The van der Waals surface area contributed by atoms with Crippen molar-refractivity contribution in [1.82, 2.24) is 4.90 Å². The van der Waals surface area contributed by atoms with Gasteiger partial charge in [-0.3, -0.25) is 4.90 Å². The van der Waals surface area contributed by atoms with Crippen molar-refractivity contribution in [2.24, 2.45) is 0 Å². The molecule has 2 unspecified atom stereocenters. The number of aliphatic hydroxyl groups excluding tert-OH is 1. The highest BCUT2D eigenvalue weighted by atomic mass is 16.3. The molecule has 2 amide bonds. The van der Waals surface area contributed by atoms with Gasteiger partial charge in [-0.15, -0.1) is 0 Å². The third-order valence-corrected chi connectivity index (χ3v) is 3.30. The Morgan fingerprint density at radius 2 is 1.94 bits per heavy atom. The lowest BCUT2D eigenvalue weighted by molar-refractivity contribution is 0.156. The van der Waals surface area contributed by atoms with E-state index in [-0.39, 0.29) is 12.1 Å². The van der Waals surface area contributed by atoms with Crippen molar-refractivity contribution >= 4 is 11.7 Å². The third-order valence-electron chi connectivity index (χ3n) is 3.30. The number of para-hydroxylation sites is 1. The van der Waals surface area contributed by atoms with Crippen LogP contribution in [0.25, 0.3) is 0 Å². The summed E-state index contributed by atoms with van der Waals surface area (Å²) in [6.45, 7) is 4.19. The second-order valence-electron chi connectivity index (χ2n) is 4.62. The molecule has 0 saturated carbocycles. The molecule has 2 rings (SSSR count). The molecule has 0 saturated heterocycles. The van der Waals surface area contributed by atoms with Gasteiger partial charge in [-0.1, -0.05) is 18.2 Å². The standard InChI is InChI=1S/C13H18N2O2/c1-9(10(2)16)15-12-7-5-4-6-11(12)8-14(3)13(15)17/h4-7,9-10,16H,8H2,1-3H3. The molecule has 92 valence electrons. The summed E-state index contributed by atoms with van der Waals surface area (Å²) >= 11 is 0. The van der Waals surface area contributed by atoms with Crippen molar-refractivity contribution in [2.75, 3.05) is 11.9 Å². The number of hydrogen-bond acceptors (Lipinski definition) is 2. The van der Waals surface area contributed by atoms with Crippen molar-refractivity contribution in [2.45, 2.75) is 32.5 Å². The van der Waals surface area contributed by atoms with Crippen molar-refractivity contribution < 1.29 is 9.90 Å². The smallest absolute Gasteiger partial charge is 0.324 e. The Morgan fingerprint density at radius 1 is 1.29 bits per heavy atom. The number of amides is 2. The fourth-order valence-corrected chi connectivity index (χ4v) is 2.10.